The third-order valence-electron chi connectivity index (χ3n) is 2.79. The molecule has 0 saturated heterocycles. The third kappa shape index (κ3) is 4.75. The second-order valence-corrected chi connectivity index (χ2v) is 4.25. The minimum atomic E-state index is -0.0228. The number of hydrogen-bond donors (Lipinski definition) is 1. The van der Waals surface area contributed by atoms with Gasteiger partial charge in [0.05, 0.1) is 0 Å². The Morgan fingerprint density at radius 3 is 2.89 bits per heavy atom. The predicted molar refractivity (Wildman–Crippen MR) is 72.6 cm³/mol. The number of benzene rings is 1. The first kappa shape index (κ1) is 14.5. The first-order valence-corrected chi connectivity index (χ1v) is 6.33. The largest absolute Gasteiger partial charge is 0.484 e. The fourth-order valence-corrected chi connectivity index (χ4v) is 1.56. The van der Waals surface area contributed by atoms with Gasteiger partial charge in [-0.2, -0.15) is 0 Å². The van der Waals surface area contributed by atoms with Crippen LogP contribution in [0, 0.1) is 0 Å². The van der Waals surface area contributed by atoms with E-state index in [9.17, 15) is 4.79 Å². The molecule has 0 bridgehead atoms. The molecule has 1 amide bonds. The molecule has 2 N–H and O–H groups in total. The van der Waals surface area contributed by atoms with E-state index in [-0.39, 0.29) is 12.5 Å². The van der Waals surface area contributed by atoms with E-state index in [1.54, 1.807) is 11.9 Å². The molecule has 0 heterocycles. The third-order valence-corrected chi connectivity index (χ3v) is 2.79. The van der Waals surface area contributed by atoms with Gasteiger partial charge in [0.2, 0.25) is 0 Å². The van der Waals surface area contributed by atoms with Crippen LogP contribution in [-0.4, -0.2) is 37.6 Å². The Bertz CT molecular complexity index is 380. The van der Waals surface area contributed by atoms with Gasteiger partial charge in [-0.1, -0.05) is 19.1 Å². The van der Waals surface area contributed by atoms with Crippen molar-refractivity contribution in [1.29, 1.82) is 0 Å². The Morgan fingerprint density at radius 2 is 2.22 bits per heavy atom. The molecule has 0 radical (unpaired) electrons. The van der Waals surface area contributed by atoms with Crippen molar-refractivity contribution in [2.45, 2.75) is 19.8 Å². The van der Waals surface area contributed by atoms with Gasteiger partial charge in [0, 0.05) is 13.6 Å². The predicted octanol–water partition coefficient (Wildman–Crippen LogP) is 1.43. The minimum Gasteiger partial charge on any atom is -0.484 e. The molecular formula is C14H22N2O2. The fourth-order valence-electron chi connectivity index (χ4n) is 1.56. The molecule has 18 heavy (non-hydrogen) atoms. The summed E-state index contributed by atoms with van der Waals surface area (Å²) < 4.78 is 5.49. The van der Waals surface area contributed by atoms with Gasteiger partial charge in [0.25, 0.3) is 5.91 Å². The highest BCUT2D eigenvalue weighted by atomic mass is 16.5. The molecule has 0 atom stereocenters. The monoisotopic (exact) mass is 250 g/mol. The van der Waals surface area contributed by atoms with E-state index >= 15 is 0 Å². The highest BCUT2D eigenvalue weighted by Crippen LogP contribution is 2.13. The average molecular weight is 250 g/mol. The summed E-state index contributed by atoms with van der Waals surface area (Å²) in [5.41, 5.74) is 6.61. The van der Waals surface area contributed by atoms with E-state index in [0.29, 0.717) is 13.1 Å². The molecule has 0 fully saturated rings. The van der Waals surface area contributed by atoms with Crippen LogP contribution in [0.15, 0.2) is 24.3 Å². The maximum Gasteiger partial charge on any atom is 0.260 e. The van der Waals surface area contributed by atoms with Crippen LogP contribution in [-0.2, 0) is 11.2 Å². The van der Waals surface area contributed by atoms with Crippen molar-refractivity contribution in [3.8, 4) is 5.75 Å². The van der Waals surface area contributed by atoms with Crippen molar-refractivity contribution < 1.29 is 9.53 Å². The lowest BCUT2D eigenvalue weighted by molar-refractivity contribution is -0.132. The normalized spacial score (nSPS) is 10.2. The molecule has 0 saturated carbocycles. The van der Waals surface area contributed by atoms with Gasteiger partial charge < -0.3 is 15.4 Å². The number of likely N-dealkylation sites (N-methyl/N-ethyl adjacent to an activating group) is 1. The lowest BCUT2D eigenvalue weighted by Gasteiger charge is -2.17. The maximum absolute atomic E-state index is 11.7. The summed E-state index contributed by atoms with van der Waals surface area (Å²) >= 11 is 0. The molecule has 1 aromatic carbocycles. The molecule has 0 aromatic heterocycles. The molecule has 4 nitrogen and oxygen atoms in total. The van der Waals surface area contributed by atoms with Crippen molar-refractivity contribution in [2.75, 3.05) is 26.7 Å². The summed E-state index contributed by atoms with van der Waals surface area (Å²) in [6.07, 6.45) is 1.77. The first-order valence-electron chi connectivity index (χ1n) is 6.33. The van der Waals surface area contributed by atoms with Crippen LogP contribution >= 0.6 is 0 Å². The van der Waals surface area contributed by atoms with E-state index in [0.717, 1.165) is 18.6 Å². The second-order valence-electron chi connectivity index (χ2n) is 4.25. The summed E-state index contributed by atoms with van der Waals surface area (Å²) in [7, 11) is 1.77. The van der Waals surface area contributed by atoms with E-state index in [4.69, 9.17) is 10.5 Å². The molecule has 0 aliphatic rings. The molecule has 1 aromatic rings. The van der Waals surface area contributed by atoms with Crippen LogP contribution in [0.4, 0.5) is 0 Å². The van der Waals surface area contributed by atoms with Crippen molar-refractivity contribution in [3.63, 3.8) is 0 Å². The van der Waals surface area contributed by atoms with Gasteiger partial charge in [-0.3, -0.25) is 4.79 Å². The fraction of sp³-hybridized carbons (Fsp3) is 0.500. The van der Waals surface area contributed by atoms with Crippen molar-refractivity contribution in [3.05, 3.63) is 29.8 Å². The lowest BCUT2D eigenvalue weighted by atomic mass is 10.2. The van der Waals surface area contributed by atoms with Crippen LogP contribution in [0.2, 0.25) is 0 Å². The van der Waals surface area contributed by atoms with Gasteiger partial charge in [-0.15, -0.1) is 0 Å². The Morgan fingerprint density at radius 1 is 1.44 bits per heavy atom. The number of ether oxygens (including phenoxy) is 1. The number of hydrogen-bond acceptors (Lipinski definition) is 3. The highest BCUT2D eigenvalue weighted by molar-refractivity contribution is 5.77. The van der Waals surface area contributed by atoms with Gasteiger partial charge in [0.1, 0.15) is 5.75 Å². The number of aryl methyl sites for hydroxylation is 1. The standard InChI is InChI=1S/C14H22N2O2/c1-3-12-6-4-7-13(10-12)18-11-14(17)16(2)9-5-8-15/h4,6-7,10H,3,5,8-9,11,15H2,1-2H3. The molecular weight excluding hydrogens is 228 g/mol. The number of rotatable bonds is 7. The molecule has 4 heteroatoms. The van der Waals surface area contributed by atoms with E-state index in [1.165, 1.54) is 5.56 Å². The van der Waals surface area contributed by atoms with E-state index in [1.807, 2.05) is 24.3 Å². The molecule has 1 rings (SSSR count). The van der Waals surface area contributed by atoms with E-state index in [2.05, 4.69) is 6.92 Å². The maximum atomic E-state index is 11.7. The van der Waals surface area contributed by atoms with Crippen LogP contribution in [0.1, 0.15) is 18.9 Å². The summed E-state index contributed by atoms with van der Waals surface area (Å²) in [5.74, 6) is 0.722. The Hall–Kier alpha value is -1.55. The van der Waals surface area contributed by atoms with E-state index < -0.39 is 0 Å². The van der Waals surface area contributed by atoms with Gasteiger partial charge in [0.15, 0.2) is 6.61 Å². The van der Waals surface area contributed by atoms with Crippen molar-refractivity contribution in [2.24, 2.45) is 5.73 Å². The van der Waals surface area contributed by atoms with Gasteiger partial charge in [-0.05, 0) is 37.1 Å². The van der Waals surface area contributed by atoms with Crippen LogP contribution < -0.4 is 10.5 Å². The number of nitrogens with two attached hydrogens (primary N) is 1. The minimum absolute atomic E-state index is 0.0228. The smallest absolute Gasteiger partial charge is 0.260 e. The quantitative estimate of drug-likeness (QED) is 0.796. The Balaban J connectivity index is 2.41. The number of nitrogens with zero attached hydrogens (tertiary/aromatic N) is 1. The zero-order valence-electron chi connectivity index (χ0n) is 11.2. The number of carbonyl (C=O) groups excluding carboxylic acids is 1. The van der Waals surface area contributed by atoms with Gasteiger partial charge in [-0.25, -0.2) is 0 Å². The van der Waals surface area contributed by atoms with Crippen LogP contribution in [0.3, 0.4) is 0 Å². The molecule has 100 valence electrons. The van der Waals surface area contributed by atoms with Crippen molar-refractivity contribution in [1.82, 2.24) is 4.90 Å². The summed E-state index contributed by atoms with van der Waals surface area (Å²) in [5, 5.41) is 0. The van der Waals surface area contributed by atoms with Gasteiger partial charge >= 0.3 is 0 Å². The Kier molecular flexibility index (Phi) is 6.22. The zero-order valence-corrected chi connectivity index (χ0v) is 11.2. The summed E-state index contributed by atoms with van der Waals surface area (Å²) in [6.45, 7) is 3.43. The average Bonchev–Trinajstić information content (AvgIpc) is 2.42. The van der Waals surface area contributed by atoms with Crippen molar-refractivity contribution >= 4 is 5.91 Å². The SMILES string of the molecule is CCc1cccc(OCC(=O)N(C)CCCN)c1. The number of carbonyl (C=O) groups is 1. The first-order chi connectivity index (χ1) is 8.67. The molecule has 0 aliphatic heterocycles. The molecule has 0 unspecified atom stereocenters. The topological polar surface area (TPSA) is 55.6 Å². The molecule has 0 spiro atoms. The molecule has 0 aliphatic carbocycles. The van der Waals surface area contributed by atoms with Crippen LogP contribution in [0.5, 0.6) is 5.75 Å². The lowest BCUT2D eigenvalue weighted by Crippen LogP contribution is -2.33. The summed E-state index contributed by atoms with van der Waals surface area (Å²) in [4.78, 5) is 13.4. The number of amides is 1. The second kappa shape index (κ2) is 7.71. The summed E-state index contributed by atoms with van der Waals surface area (Å²) in [6, 6.07) is 7.82. The van der Waals surface area contributed by atoms with Crippen LogP contribution in [0.25, 0.3) is 0 Å². The Labute approximate surface area is 109 Å². The zero-order chi connectivity index (χ0) is 13.4. The highest BCUT2D eigenvalue weighted by Gasteiger charge is 2.08.